The van der Waals surface area contributed by atoms with Gasteiger partial charge in [-0.05, 0) is 56.2 Å². The van der Waals surface area contributed by atoms with Gasteiger partial charge in [0.25, 0.3) is 5.89 Å². The fourth-order valence-corrected chi connectivity index (χ4v) is 3.96. The standard InChI is InChI=1S/C25H26F2N4O4/c1-4-34-13-5-12-31-15(2)21(22(28-25(31)32)16-6-9-18(26)10-7-16)24-29-23(30-35-24)17-8-11-20(33-3)19(27)14-17/h6-11,14,22H,4-5,12-13H2,1-3H3,(H,28,32). The van der Waals surface area contributed by atoms with Gasteiger partial charge in [0.05, 0.1) is 18.7 Å². The fourth-order valence-electron chi connectivity index (χ4n) is 3.96. The highest BCUT2D eigenvalue weighted by molar-refractivity contribution is 5.86. The van der Waals surface area contributed by atoms with Crippen LogP contribution in [0.5, 0.6) is 5.75 Å². The van der Waals surface area contributed by atoms with Crippen molar-refractivity contribution < 1.29 is 27.6 Å². The monoisotopic (exact) mass is 484 g/mol. The van der Waals surface area contributed by atoms with Gasteiger partial charge in [0, 0.05) is 31.0 Å². The number of amides is 2. The average Bonchev–Trinajstić information content (AvgIpc) is 3.33. The van der Waals surface area contributed by atoms with Crippen molar-refractivity contribution in [2.24, 2.45) is 0 Å². The van der Waals surface area contributed by atoms with Crippen LogP contribution in [0.25, 0.3) is 17.0 Å². The molecular formula is C25H26F2N4O4. The molecule has 3 aromatic rings. The van der Waals surface area contributed by atoms with Crippen molar-refractivity contribution in [3.63, 3.8) is 0 Å². The van der Waals surface area contributed by atoms with E-state index in [2.05, 4.69) is 15.5 Å². The summed E-state index contributed by atoms with van der Waals surface area (Å²) in [6.45, 7) is 5.23. The van der Waals surface area contributed by atoms with Crippen molar-refractivity contribution in [1.82, 2.24) is 20.4 Å². The van der Waals surface area contributed by atoms with Crippen LogP contribution >= 0.6 is 0 Å². The Labute approximate surface area is 201 Å². The maximum Gasteiger partial charge on any atom is 0.322 e. The minimum absolute atomic E-state index is 0.102. The normalized spacial score (nSPS) is 16.0. The highest BCUT2D eigenvalue weighted by Gasteiger charge is 2.35. The van der Waals surface area contributed by atoms with Gasteiger partial charge in [0.1, 0.15) is 5.82 Å². The molecule has 8 nitrogen and oxygen atoms in total. The number of halogens is 2. The predicted octanol–water partition coefficient (Wildman–Crippen LogP) is 4.95. The number of nitrogens with zero attached hydrogens (tertiary/aromatic N) is 3. The molecule has 10 heteroatoms. The van der Waals surface area contributed by atoms with E-state index >= 15 is 0 Å². The van der Waals surface area contributed by atoms with E-state index in [0.29, 0.717) is 48.6 Å². The summed E-state index contributed by atoms with van der Waals surface area (Å²) in [4.78, 5) is 19.0. The Bertz CT molecular complexity index is 1230. The van der Waals surface area contributed by atoms with Crippen LogP contribution in [0.1, 0.15) is 37.8 Å². The third-order valence-corrected chi connectivity index (χ3v) is 5.74. The number of carbonyl (C=O) groups is 1. The van der Waals surface area contributed by atoms with Crippen LogP contribution in [0.4, 0.5) is 13.6 Å². The van der Waals surface area contributed by atoms with Crippen LogP contribution in [0, 0.1) is 11.6 Å². The summed E-state index contributed by atoms with van der Waals surface area (Å²) in [5.74, 6) is -0.499. The molecule has 0 saturated carbocycles. The minimum Gasteiger partial charge on any atom is -0.494 e. The smallest absolute Gasteiger partial charge is 0.322 e. The SMILES string of the molecule is CCOCCCN1C(=O)NC(c2ccc(F)cc2)C(c2nc(-c3ccc(OC)c(F)c3)no2)=C1C. The first-order valence-electron chi connectivity index (χ1n) is 11.2. The first-order chi connectivity index (χ1) is 16.9. The van der Waals surface area contributed by atoms with Crippen LogP contribution in [0.3, 0.4) is 0 Å². The topological polar surface area (TPSA) is 89.7 Å². The molecule has 0 radical (unpaired) electrons. The second-order valence-electron chi connectivity index (χ2n) is 7.91. The van der Waals surface area contributed by atoms with Crippen LogP contribution in [-0.4, -0.2) is 47.9 Å². The maximum atomic E-state index is 14.2. The molecule has 2 heterocycles. The molecule has 1 aliphatic heterocycles. The summed E-state index contributed by atoms with van der Waals surface area (Å²) in [5, 5.41) is 6.98. The number of aromatic nitrogens is 2. The molecule has 1 N–H and O–H groups in total. The van der Waals surface area contributed by atoms with E-state index in [4.69, 9.17) is 14.0 Å². The zero-order chi connectivity index (χ0) is 24.9. The van der Waals surface area contributed by atoms with Gasteiger partial charge in [-0.25, -0.2) is 13.6 Å². The number of urea groups is 1. The summed E-state index contributed by atoms with van der Waals surface area (Å²) in [5.41, 5.74) is 2.25. The summed E-state index contributed by atoms with van der Waals surface area (Å²) < 4.78 is 43.7. The van der Waals surface area contributed by atoms with E-state index < -0.39 is 17.7 Å². The van der Waals surface area contributed by atoms with E-state index in [1.165, 1.54) is 31.4 Å². The van der Waals surface area contributed by atoms with E-state index in [-0.39, 0.29) is 23.5 Å². The maximum absolute atomic E-state index is 14.2. The highest BCUT2D eigenvalue weighted by atomic mass is 19.1. The third kappa shape index (κ3) is 5.17. The number of methoxy groups -OCH3 is 1. The van der Waals surface area contributed by atoms with Gasteiger partial charge in [-0.15, -0.1) is 0 Å². The molecule has 0 bridgehead atoms. The number of allylic oxidation sites excluding steroid dienone is 1. The largest absolute Gasteiger partial charge is 0.494 e. The Morgan fingerprint density at radius 3 is 2.63 bits per heavy atom. The Hall–Kier alpha value is -3.79. The molecule has 184 valence electrons. The van der Waals surface area contributed by atoms with Gasteiger partial charge in [0.15, 0.2) is 11.6 Å². The lowest BCUT2D eigenvalue weighted by atomic mass is 9.94. The molecule has 1 aliphatic rings. The molecule has 0 aliphatic carbocycles. The van der Waals surface area contributed by atoms with Gasteiger partial charge in [0.2, 0.25) is 5.82 Å². The molecule has 1 aromatic heterocycles. The molecule has 2 aromatic carbocycles. The second-order valence-corrected chi connectivity index (χ2v) is 7.91. The molecule has 0 saturated heterocycles. The Balaban J connectivity index is 1.73. The number of ether oxygens (including phenoxy) is 2. The fraction of sp³-hybridized carbons (Fsp3) is 0.320. The van der Waals surface area contributed by atoms with Crippen molar-refractivity contribution in [2.75, 3.05) is 26.9 Å². The van der Waals surface area contributed by atoms with Gasteiger partial charge < -0.3 is 19.3 Å². The van der Waals surface area contributed by atoms with Gasteiger partial charge in [-0.1, -0.05) is 17.3 Å². The molecule has 0 spiro atoms. The van der Waals surface area contributed by atoms with E-state index in [1.54, 1.807) is 30.0 Å². The quantitative estimate of drug-likeness (QED) is 0.433. The van der Waals surface area contributed by atoms with E-state index in [9.17, 15) is 13.6 Å². The second kappa shape index (κ2) is 10.6. The van der Waals surface area contributed by atoms with Crippen molar-refractivity contribution in [2.45, 2.75) is 26.3 Å². The highest BCUT2D eigenvalue weighted by Crippen LogP contribution is 2.37. The summed E-state index contributed by atoms with van der Waals surface area (Å²) in [7, 11) is 1.38. The van der Waals surface area contributed by atoms with Crippen molar-refractivity contribution in [1.29, 1.82) is 0 Å². The molecular weight excluding hydrogens is 458 g/mol. The van der Waals surface area contributed by atoms with Crippen molar-refractivity contribution >= 4 is 11.6 Å². The first kappa shape index (κ1) is 24.3. The molecule has 0 fully saturated rings. The molecule has 1 unspecified atom stereocenters. The van der Waals surface area contributed by atoms with Crippen LogP contribution in [-0.2, 0) is 4.74 Å². The summed E-state index contributed by atoms with van der Waals surface area (Å²) in [6, 6.07) is 9.24. The number of nitrogens with one attached hydrogen (secondary N) is 1. The van der Waals surface area contributed by atoms with Crippen molar-refractivity contribution in [3.05, 3.63) is 71.3 Å². The number of benzene rings is 2. The predicted molar refractivity (Wildman–Crippen MR) is 124 cm³/mol. The van der Waals surface area contributed by atoms with Gasteiger partial charge in [-0.3, -0.25) is 4.90 Å². The van der Waals surface area contributed by atoms with Crippen LogP contribution < -0.4 is 10.1 Å². The lowest BCUT2D eigenvalue weighted by molar-refractivity contribution is 0.136. The van der Waals surface area contributed by atoms with Gasteiger partial charge in [-0.2, -0.15) is 4.98 Å². The zero-order valence-electron chi connectivity index (χ0n) is 19.7. The first-order valence-corrected chi connectivity index (χ1v) is 11.2. The van der Waals surface area contributed by atoms with E-state index in [0.717, 1.165) is 0 Å². The Morgan fingerprint density at radius 1 is 1.17 bits per heavy atom. The molecule has 2 amide bonds. The number of rotatable bonds is 9. The molecule has 4 rings (SSSR count). The number of hydrogen-bond donors (Lipinski definition) is 1. The average molecular weight is 485 g/mol. The third-order valence-electron chi connectivity index (χ3n) is 5.74. The van der Waals surface area contributed by atoms with Crippen molar-refractivity contribution in [3.8, 4) is 17.1 Å². The van der Waals surface area contributed by atoms with Gasteiger partial charge >= 0.3 is 6.03 Å². The zero-order valence-corrected chi connectivity index (χ0v) is 19.7. The lowest BCUT2D eigenvalue weighted by Gasteiger charge is -2.35. The lowest BCUT2D eigenvalue weighted by Crippen LogP contribution is -2.46. The summed E-state index contributed by atoms with van der Waals surface area (Å²) >= 11 is 0. The Kier molecular flexibility index (Phi) is 7.40. The Morgan fingerprint density at radius 2 is 1.94 bits per heavy atom. The van der Waals surface area contributed by atoms with Crippen LogP contribution in [0.15, 0.2) is 52.7 Å². The number of hydrogen-bond acceptors (Lipinski definition) is 6. The minimum atomic E-state index is -0.646. The van der Waals surface area contributed by atoms with Crippen LogP contribution in [0.2, 0.25) is 0 Å². The summed E-state index contributed by atoms with van der Waals surface area (Å²) in [6.07, 6.45) is 0.632. The van der Waals surface area contributed by atoms with E-state index in [1.807, 2.05) is 6.92 Å². The molecule has 1 atom stereocenters. The number of carbonyl (C=O) groups excluding carboxylic acids is 1. The molecule has 35 heavy (non-hydrogen) atoms.